The molecule has 1 heterocycles. The summed E-state index contributed by atoms with van der Waals surface area (Å²) in [6, 6.07) is 13.8. The first-order valence-electron chi connectivity index (χ1n) is 9.25. The lowest BCUT2D eigenvalue weighted by atomic mass is 10.0. The number of esters is 2. The molecular weight excluding hydrogens is 450 g/mol. The van der Waals surface area contributed by atoms with Gasteiger partial charge in [0.1, 0.15) is 0 Å². The van der Waals surface area contributed by atoms with Crippen molar-refractivity contribution in [1.29, 1.82) is 0 Å². The first-order valence-corrected chi connectivity index (χ1v) is 10.0. The molecule has 0 aromatic heterocycles. The van der Waals surface area contributed by atoms with Gasteiger partial charge in [0, 0.05) is 15.9 Å². The van der Waals surface area contributed by atoms with Gasteiger partial charge in [0.05, 0.1) is 30.4 Å². The topological polar surface area (TPSA) is 72.9 Å². The summed E-state index contributed by atoms with van der Waals surface area (Å²) in [6.45, 7) is 3.63. The van der Waals surface area contributed by atoms with Gasteiger partial charge in [-0.1, -0.05) is 28.1 Å². The SMILES string of the molecule is CCOC(=O)C1=C(C)N(c2ccc(Br)cc2)C(=O)/C1=C\c1ccc(C(=O)OC)cc1. The second kappa shape index (κ2) is 9.09. The van der Waals surface area contributed by atoms with Gasteiger partial charge in [-0.05, 0) is 61.9 Å². The van der Waals surface area contributed by atoms with Crippen LogP contribution in [0.3, 0.4) is 0 Å². The molecule has 0 unspecified atom stereocenters. The Morgan fingerprint density at radius 2 is 1.67 bits per heavy atom. The summed E-state index contributed by atoms with van der Waals surface area (Å²) in [5.41, 5.74) is 2.66. The van der Waals surface area contributed by atoms with Crippen LogP contribution in [0.1, 0.15) is 29.8 Å². The van der Waals surface area contributed by atoms with Gasteiger partial charge in [0.2, 0.25) is 0 Å². The molecule has 2 aromatic carbocycles. The summed E-state index contributed by atoms with van der Waals surface area (Å²) >= 11 is 3.38. The summed E-state index contributed by atoms with van der Waals surface area (Å²) in [4.78, 5) is 39.0. The average molecular weight is 470 g/mol. The maximum absolute atomic E-state index is 13.3. The molecule has 6 nitrogen and oxygen atoms in total. The smallest absolute Gasteiger partial charge is 0.340 e. The molecule has 0 atom stereocenters. The number of carbonyl (C=O) groups is 3. The Labute approximate surface area is 182 Å². The molecular formula is C23H20BrNO5. The van der Waals surface area contributed by atoms with Gasteiger partial charge in [-0.3, -0.25) is 9.69 Å². The Kier molecular flexibility index (Phi) is 6.52. The first-order chi connectivity index (χ1) is 14.4. The summed E-state index contributed by atoms with van der Waals surface area (Å²) < 4.78 is 10.8. The third-order valence-corrected chi connectivity index (χ3v) is 5.14. The van der Waals surface area contributed by atoms with Crippen LogP contribution in [-0.4, -0.2) is 31.6 Å². The molecule has 0 saturated carbocycles. The number of methoxy groups -OCH3 is 1. The Morgan fingerprint density at radius 1 is 1.03 bits per heavy atom. The van der Waals surface area contributed by atoms with Gasteiger partial charge >= 0.3 is 11.9 Å². The molecule has 30 heavy (non-hydrogen) atoms. The van der Waals surface area contributed by atoms with Crippen molar-refractivity contribution in [2.75, 3.05) is 18.6 Å². The number of ether oxygens (including phenoxy) is 2. The lowest BCUT2D eigenvalue weighted by molar-refractivity contribution is -0.138. The van der Waals surface area contributed by atoms with E-state index >= 15 is 0 Å². The van der Waals surface area contributed by atoms with E-state index in [1.54, 1.807) is 56.3 Å². The van der Waals surface area contributed by atoms with Crippen LogP contribution in [0, 0.1) is 0 Å². The molecule has 0 radical (unpaired) electrons. The fourth-order valence-corrected chi connectivity index (χ4v) is 3.45. The second-order valence-electron chi connectivity index (χ2n) is 6.47. The fourth-order valence-electron chi connectivity index (χ4n) is 3.18. The minimum Gasteiger partial charge on any atom is -0.465 e. The average Bonchev–Trinajstić information content (AvgIpc) is 2.98. The quantitative estimate of drug-likeness (QED) is 0.475. The van der Waals surface area contributed by atoms with E-state index in [0.29, 0.717) is 22.5 Å². The predicted molar refractivity (Wildman–Crippen MR) is 117 cm³/mol. The van der Waals surface area contributed by atoms with Crippen molar-refractivity contribution in [3.8, 4) is 0 Å². The molecule has 0 N–H and O–H groups in total. The zero-order chi connectivity index (χ0) is 21.8. The standard InChI is InChI=1S/C23H20BrNO5/c1-4-30-23(28)20-14(2)25(18-11-9-17(24)10-12-18)21(26)19(20)13-15-5-7-16(8-6-15)22(27)29-3/h5-13H,4H2,1-3H3/b19-13-. The Balaban J connectivity index is 2.06. The first kappa shape index (κ1) is 21.5. The Hall–Kier alpha value is -3.19. The van der Waals surface area contributed by atoms with Gasteiger partial charge < -0.3 is 9.47 Å². The monoisotopic (exact) mass is 469 g/mol. The van der Waals surface area contributed by atoms with E-state index in [-0.39, 0.29) is 23.7 Å². The highest BCUT2D eigenvalue weighted by atomic mass is 79.9. The minimum absolute atomic E-state index is 0.198. The van der Waals surface area contributed by atoms with E-state index in [1.807, 2.05) is 12.1 Å². The predicted octanol–water partition coefficient (Wildman–Crippen LogP) is 4.50. The zero-order valence-corrected chi connectivity index (χ0v) is 18.4. The van der Waals surface area contributed by atoms with E-state index in [1.165, 1.54) is 12.0 Å². The van der Waals surface area contributed by atoms with Crippen molar-refractivity contribution in [3.05, 3.63) is 81.0 Å². The summed E-state index contributed by atoms with van der Waals surface area (Å²) in [5.74, 6) is -1.33. The summed E-state index contributed by atoms with van der Waals surface area (Å²) in [5, 5.41) is 0. The lowest BCUT2D eigenvalue weighted by Crippen LogP contribution is -2.24. The highest BCUT2D eigenvalue weighted by Gasteiger charge is 2.38. The Bertz CT molecular complexity index is 1050. The van der Waals surface area contributed by atoms with E-state index in [9.17, 15) is 14.4 Å². The van der Waals surface area contributed by atoms with Crippen molar-refractivity contribution in [2.45, 2.75) is 13.8 Å². The summed E-state index contributed by atoms with van der Waals surface area (Å²) in [7, 11) is 1.31. The molecule has 154 valence electrons. The fraction of sp³-hybridized carbons (Fsp3) is 0.174. The van der Waals surface area contributed by atoms with Gasteiger partial charge in [-0.25, -0.2) is 9.59 Å². The maximum atomic E-state index is 13.3. The molecule has 1 aliphatic rings. The van der Waals surface area contributed by atoms with Crippen LogP contribution in [0.5, 0.6) is 0 Å². The van der Waals surface area contributed by atoms with Gasteiger partial charge in [-0.2, -0.15) is 0 Å². The number of benzene rings is 2. The molecule has 3 rings (SSSR count). The Morgan fingerprint density at radius 3 is 2.23 bits per heavy atom. The van der Waals surface area contributed by atoms with Crippen LogP contribution < -0.4 is 4.90 Å². The molecule has 2 aromatic rings. The highest BCUT2D eigenvalue weighted by molar-refractivity contribution is 9.10. The van der Waals surface area contributed by atoms with E-state index in [0.717, 1.165) is 4.47 Å². The van der Waals surface area contributed by atoms with Crippen molar-refractivity contribution in [1.82, 2.24) is 0 Å². The largest absolute Gasteiger partial charge is 0.465 e. The minimum atomic E-state index is -0.555. The number of rotatable bonds is 5. The van der Waals surface area contributed by atoms with Crippen LogP contribution in [0.15, 0.2) is 69.8 Å². The van der Waals surface area contributed by atoms with Gasteiger partial charge in [-0.15, -0.1) is 0 Å². The van der Waals surface area contributed by atoms with Crippen molar-refractivity contribution < 1.29 is 23.9 Å². The van der Waals surface area contributed by atoms with E-state index in [2.05, 4.69) is 15.9 Å². The third kappa shape index (κ3) is 4.21. The molecule has 1 aliphatic heterocycles. The molecule has 0 saturated heterocycles. The summed E-state index contributed by atoms with van der Waals surface area (Å²) in [6.07, 6.45) is 1.62. The van der Waals surface area contributed by atoms with Crippen LogP contribution >= 0.6 is 15.9 Å². The van der Waals surface area contributed by atoms with Gasteiger partial charge in [0.15, 0.2) is 0 Å². The van der Waals surface area contributed by atoms with Crippen molar-refractivity contribution in [2.24, 2.45) is 0 Å². The molecule has 0 spiro atoms. The number of halogens is 1. The van der Waals surface area contributed by atoms with Crippen LogP contribution in [0.2, 0.25) is 0 Å². The molecule has 7 heteroatoms. The molecule has 0 aliphatic carbocycles. The van der Waals surface area contributed by atoms with Crippen LogP contribution in [0.4, 0.5) is 5.69 Å². The number of hydrogen-bond donors (Lipinski definition) is 0. The second-order valence-corrected chi connectivity index (χ2v) is 7.39. The highest BCUT2D eigenvalue weighted by Crippen LogP contribution is 2.36. The van der Waals surface area contributed by atoms with E-state index < -0.39 is 11.9 Å². The van der Waals surface area contributed by atoms with Crippen molar-refractivity contribution in [3.63, 3.8) is 0 Å². The maximum Gasteiger partial charge on any atom is 0.340 e. The number of allylic oxidation sites excluding steroid dienone is 1. The van der Waals surface area contributed by atoms with Crippen LogP contribution in [0.25, 0.3) is 6.08 Å². The zero-order valence-electron chi connectivity index (χ0n) is 16.8. The van der Waals surface area contributed by atoms with Gasteiger partial charge in [0.25, 0.3) is 5.91 Å². The number of amides is 1. The third-order valence-electron chi connectivity index (χ3n) is 4.61. The molecule has 0 bridgehead atoms. The number of nitrogens with zero attached hydrogens (tertiary/aromatic N) is 1. The molecule has 0 fully saturated rings. The van der Waals surface area contributed by atoms with Crippen molar-refractivity contribution >= 4 is 45.5 Å². The van der Waals surface area contributed by atoms with Crippen LogP contribution in [-0.2, 0) is 19.1 Å². The van der Waals surface area contributed by atoms with E-state index in [4.69, 9.17) is 9.47 Å². The number of anilines is 1. The lowest BCUT2D eigenvalue weighted by Gasteiger charge is -2.18. The number of hydrogen-bond acceptors (Lipinski definition) is 5. The molecule has 1 amide bonds. The normalized spacial score (nSPS) is 15.0. The number of carbonyl (C=O) groups excluding carboxylic acids is 3.